The highest BCUT2D eigenvalue weighted by atomic mass is 32.7. The van der Waals surface area contributed by atoms with Crippen molar-refractivity contribution < 1.29 is 39.1 Å². The number of hydrogen-bond donors (Lipinski definition) is 5. The number of unbranched alkanes of at least 4 members (excludes halogenated alkanes) is 12. The number of allylic oxidation sites excluding steroid dienone is 2. The van der Waals surface area contributed by atoms with E-state index in [1.807, 2.05) is 0 Å². The first-order chi connectivity index (χ1) is 16.3. The van der Waals surface area contributed by atoms with Gasteiger partial charge in [0.25, 0.3) is 0 Å². The summed E-state index contributed by atoms with van der Waals surface area (Å²) < 4.78 is 22.6. The van der Waals surface area contributed by atoms with Gasteiger partial charge in [0.2, 0.25) is 0 Å². The quantitative estimate of drug-likeness (QED) is 0.0870. The molecule has 1 rings (SSSR count). The summed E-state index contributed by atoms with van der Waals surface area (Å²) in [6, 6.07) is 0. The molecular weight excluding hydrogens is 479 g/mol. The molecule has 1 saturated heterocycles. The Kier molecular flexibility index (Phi) is 18.1. The lowest BCUT2D eigenvalue weighted by Crippen LogP contribution is -2.57. The molecule has 0 amide bonds. The molecule has 6 atom stereocenters. The summed E-state index contributed by atoms with van der Waals surface area (Å²) in [7, 11) is 0. The highest BCUT2D eigenvalue weighted by molar-refractivity contribution is 8.55. The average molecular weight is 527 g/mol. The van der Waals surface area contributed by atoms with Crippen molar-refractivity contribution in [3.63, 3.8) is 0 Å². The van der Waals surface area contributed by atoms with Crippen LogP contribution >= 0.6 is 18.2 Å². The van der Waals surface area contributed by atoms with Gasteiger partial charge in [-0.1, -0.05) is 76.9 Å². The highest BCUT2D eigenvalue weighted by Crippen LogP contribution is 2.59. The molecule has 1 heterocycles. The third-order valence-corrected chi connectivity index (χ3v) is 9.11. The van der Waals surface area contributed by atoms with Crippen LogP contribution in [0.15, 0.2) is 12.2 Å². The first-order valence-electron chi connectivity index (χ1n) is 12.9. The molecule has 0 aromatic heterocycles. The van der Waals surface area contributed by atoms with Crippen LogP contribution in [0.25, 0.3) is 0 Å². The van der Waals surface area contributed by atoms with Crippen LogP contribution in [0.4, 0.5) is 0 Å². The number of hydrogen-bond acceptors (Lipinski definition) is 8. The Morgan fingerprint density at radius 1 is 0.824 bits per heavy atom. The molecule has 5 N–H and O–H groups in total. The van der Waals surface area contributed by atoms with E-state index in [1.165, 1.54) is 57.8 Å². The van der Waals surface area contributed by atoms with E-state index in [2.05, 4.69) is 19.1 Å². The Hall–Kier alpha value is 0.0400. The van der Waals surface area contributed by atoms with Crippen molar-refractivity contribution in [2.75, 3.05) is 13.2 Å². The average Bonchev–Trinajstić information content (AvgIpc) is 2.81. The first kappa shape index (κ1) is 32.1. The summed E-state index contributed by atoms with van der Waals surface area (Å²) in [6.45, 7) is -2.36. The molecule has 0 aromatic rings. The number of aliphatic hydroxyl groups excluding tert-OH is 4. The van der Waals surface area contributed by atoms with Crippen LogP contribution < -0.4 is 0 Å². The van der Waals surface area contributed by atoms with Crippen molar-refractivity contribution in [2.24, 2.45) is 0 Å². The minimum atomic E-state index is -4.12. The molecule has 0 saturated carbocycles. The van der Waals surface area contributed by atoms with Gasteiger partial charge in [0.15, 0.2) is 0 Å². The van der Waals surface area contributed by atoms with Gasteiger partial charge in [-0.15, -0.1) is 0 Å². The molecule has 10 heteroatoms. The van der Waals surface area contributed by atoms with Gasteiger partial charge >= 0.3 is 6.80 Å². The predicted molar refractivity (Wildman–Crippen MR) is 137 cm³/mol. The van der Waals surface area contributed by atoms with Gasteiger partial charge in [0.05, 0.1) is 13.2 Å². The van der Waals surface area contributed by atoms with Gasteiger partial charge < -0.3 is 34.6 Å². The lowest BCUT2D eigenvalue weighted by Gasteiger charge is -2.39. The van der Waals surface area contributed by atoms with Crippen LogP contribution in [0.2, 0.25) is 0 Å². The molecule has 1 unspecified atom stereocenters. The van der Waals surface area contributed by atoms with Gasteiger partial charge in [-0.05, 0) is 43.5 Å². The molecule has 0 spiro atoms. The summed E-state index contributed by atoms with van der Waals surface area (Å²) in [6.07, 6.45) is 15.2. The van der Waals surface area contributed by atoms with Crippen LogP contribution in [0.3, 0.4) is 0 Å². The Balaban J connectivity index is 2.02. The third-order valence-electron chi connectivity index (χ3n) is 6.00. The number of ether oxygens (including phenoxy) is 1. The summed E-state index contributed by atoms with van der Waals surface area (Å²) in [5, 5.41) is 38.7. The minimum Gasteiger partial charge on any atom is -0.394 e. The van der Waals surface area contributed by atoms with E-state index in [4.69, 9.17) is 9.26 Å². The zero-order valence-corrected chi connectivity index (χ0v) is 22.4. The molecule has 0 bridgehead atoms. The predicted octanol–water partition coefficient (Wildman–Crippen LogP) is 4.67. The fraction of sp³-hybridized carbons (Fsp3) is 0.917. The molecule has 34 heavy (non-hydrogen) atoms. The molecule has 1 aliphatic rings. The Labute approximate surface area is 209 Å². The molecule has 0 aliphatic carbocycles. The molecular formula is C24H47O8PS. The smallest absolute Gasteiger partial charge is 0.389 e. The molecule has 8 nitrogen and oxygen atoms in total. The Morgan fingerprint density at radius 3 is 1.91 bits per heavy atom. The fourth-order valence-electron chi connectivity index (χ4n) is 3.85. The van der Waals surface area contributed by atoms with E-state index >= 15 is 0 Å². The zero-order chi connectivity index (χ0) is 25.2. The van der Waals surface area contributed by atoms with Crippen LogP contribution in [0.5, 0.6) is 0 Å². The van der Waals surface area contributed by atoms with Gasteiger partial charge in [0, 0.05) is 0 Å². The second kappa shape index (κ2) is 19.2. The normalized spacial score (nSPS) is 27.3. The van der Waals surface area contributed by atoms with E-state index in [9.17, 15) is 29.9 Å². The molecule has 0 radical (unpaired) electrons. The third kappa shape index (κ3) is 14.0. The maximum absolute atomic E-state index is 12.3. The van der Waals surface area contributed by atoms with E-state index < -0.39 is 43.3 Å². The first-order valence-corrected chi connectivity index (χ1v) is 16.0. The maximum atomic E-state index is 12.3. The van der Waals surface area contributed by atoms with Gasteiger partial charge in [-0.25, -0.2) is 4.57 Å². The van der Waals surface area contributed by atoms with Crippen molar-refractivity contribution in [1.82, 2.24) is 0 Å². The van der Waals surface area contributed by atoms with Gasteiger partial charge in [0.1, 0.15) is 29.9 Å². The maximum Gasteiger partial charge on any atom is 0.389 e. The van der Waals surface area contributed by atoms with Crippen LogP contribution in [-0.4, -0.2) is 68.4 Å². The van der Waals surface area contributed by atoms with E-state index in [1.54, 1.807) is 0 Å². The van der Waals surface area contributed by atoms with Crippen molar-refractivity contribution in [2.45, 2.75) is 127 Å². The van der Waals surface area contributed by atoms with E-state index in [-0.39, 0.29) is 6.61 Å². The standard InChI is InChI=1S/C24H47O8PS/c1-2-3-4-5-6-7-8-9-10-11-12-13-14-15-16-17-18-31-33(29,30)34-24-23(28)22(27)21(26)20(19-25)32-24/h9-10,20-28H,2-8,11-19H2,1H3,(H,29,30)/b10-9+/t20-,21-,22+,23+,24+/m1/s1. The Bertz CT molecular complexity index is 577. The largest absolute Gasteiger partial charge is 0.394 e. The number of rotatable bonds is 20. The van der Waals surface area contributed by atoms with E-state index in [0.29, 0.717) is 17.8 Å². The van der Waals surface area contributed by atoms with Crippen LogP contribution in [0, 0.1) is 0 Å². The topological polar surface area (TPSA) is 137 Å². The zero-order valence-electron chi connectivity index (χ0n) is 20.7. The summed E-state index contributed by atoms with van der Waals surface area (Å²) in [5.41, 5.74) is -1.29. The van der Waals surface area contributed by atoms with Crippen molar-refractivity contribution in [1.29, 1.82) is 0 Å². The van der Waals surface area contributed by atoms with Crippen molar-refractivity contribution in [3.8, 4) is 0 Å². The summed E-state index contributed by atoms with van der Waals surface area (Å²) >= 11 is 0.372. The fourth-order valence-corrected chi connectivity index (χ4v) is 6.72. The SMILES string of the molecule is CCCCCCCC/C=C/CCCCCCCCOP(=O)(O)S[C@@H]1O[C@H](CO)[C@@H](O)[C@H](O)[C@@H]1O. The summed E-state index contributed by atoms with van der Waals surface area (Å²) in [5.74, 6) is 0. The molecule has 202 valence electrons. The van der Waals surface area contributed by atoms with Gasteiger partial charge in [-0.3, -0.25) is 0 Å². The van der Waals surface area contributed by atoms with Crippen molar-refractivity contribution >= 4 is 18.2 Å². The molecule has 1 aliphatic heterocycles. The van der Waals surface area contributed by atoms with Crippen LogP contribution in [-0.2, 0) is 13.8 Å². The second-order valence-corrected chi connectivity index (χ2v) is 12.9. The van der Waals surface area contributed by atoms with E-state index in [0.717, 1.165) is 25.7 Å². The molecule has 1 fully saturated rings. The monoisotopic (exact) mass is 526 g/mol. The van der Waals surface area contributed by atoms with Crippen molar-refractivity contribution in [3.05, 3.63) is 12.2 Å². The lowest BCUT2D eigenvalue weighted by molar-refractivity contribution is -0.205. The summed E-state index contributed by atoms with van der Waals surface area (Å²) in [4.78, 5) is 10.0. The minimum absolute atomic E-state index is 0.110. The lowest BCUT2D eigenvalue weighted by atomic mass is 10.0. The van der Waals surface area contributed by atoms with Gasteiger partial charge in [-0.2, -0.15) is 0 Å². The highest BCUT2D eigenvalue weighted by Gasteiger charge is 2.46. The Morgan fingerprint density at radius 2 is 1.35 bits per heavy atom. The van der Waals surface area contributed by atoms with Crippen LogP contribution in [0.1, 0.15) is 96.8 Å². The number of aliphatic hydroxyl groups is 4. The molecule has 0 aromatic carbocycles. The second-order valence-electron chi connectivity index (χ2n) is 9.04.